The Morgan fingerprint density at radius 2 is 2.08 bits per heavy atom. The van der Waals surface area contributed by atoms with E-state index in [1.165, 1.54) is 0 Å². The third-order valence-electron chi connectivity index (χ3n) is 4.56. The number of carbonyl (C=O) groups is 1. The van der Waals surface area contributed by atoms with Gasteiger partial charge in [0.2, 0.25) is 17.7 Å². The van der Waals surface area contributed by atoms with E-state index in [4.69, 9.17) is 4.42 Å². The zero-order valence-corrected chi connectivity index (χ0v) is 15.2. The summed E-state index contributed by atoms with van der Waals surface area (Å²) in [5, 5.41) is 11.3. The maximum atomic E-state index is 12.2. The molecular weight excluding hydrogens is 316 g/mol. The summed E-state index contributed by atoms with van der Waals surface area (Å²) in [5.41, 5.74) is 1.99. The number of amides is 1. The molecule has 6 heteroatoms. The molecule has 1 aromatic carbocycles. The summed E-state index contributed by atoms with van der Waals surface area (Å²) >= 11 is 0. The molecule has 0 spiro atoms. The van der Waals surface area contributed by atoms with Crippen LogP contribution in [0.4, 0.5) is 5.69 Å². The smallest absolute Gasteiger partial charge is 0.238 e. The summed E-state index contributed by atoms with van der Waals surface area (Å²) in [6.07, 6.45) is 1.88. The summed E-state index contributed by atoms with van der Waals surface area (Å²) in [5.74, 6) is 2.04. The van der Waals surface area contributed by atoms with Crippen LogP contribution in [0.25, 0.3) is 0 Å². The molecule has 3 rings (SSSR count). The summed E-state index contributed by atoms with van der Waals surface area (Å²) < 4.78 is 5.77. The van der Waals surface area contributed by atoms with Gasteiger partial charge < -0.3 is 9.73 Å². The standard InChI is InChI=1S/C19H26N4O2/c1-13(2)18-21-22-19(25-18)15-7-9-23(10-8-15)12-17(24)20-16-6-4-5-14(3)11-16/h4-6,11,13,15H,7-10,12H2,1-3H3,(H,20,24). The minimum absolute atomic E-state index is 0.0314. The van der Waals surface area contributed by atoms with Gasteiger partial charge in [0.25, 0.3) is 0 Å². The van der Waals surface area contributed by atoms with Crippen LogP contribution in [0.3, 0.4) is 0 Å². The maximum absolute atomic E-state index is 12.2. The van der Waals surface area contributed by atoms with Gasteiger partial charge in [0.05, 0.1) is 6.54 Å². The van der Waals surface area contributed by atoms with Crippen LogP contribution >= 0.6 is 0 Å². The third-order valence-corrected chi connectivity index (χ3v) is 4.56. The first-order chi connectivity index (χ1) is 12.0. The second-order valence-electron chi connectivity index (χ2n) is 7.10. The van der Waals surface area contributed by atoms with Crippen LogP contribution in [-0.4, -0.2) is 40.6 Å². The van der Waals surface area contributed by atoms with E-state index in [2.05, 4.69) is 20.4 Å². The van der Waals surface area contributed by atoms with Crippen molar-refractivity contribution in [2.24, 2.45) is 0 Å². The summed E-state index contributed by atoms with van der Waals surface area (Å²) in [4.78, 5) is 14.4. The number of benzene rings is 1. The van der Waals surface area contributed by atoms with Gasteiger partial charge in [-0.15, -0.1) is 10.2 Å². The fourth-order valence-corrected chi connectivity index (χ4v) is 3.11. The van der Waals surface area contributed by atoms with Gasteiger partial charge in [-0.25, -0.2) is 0 Å². The minimum Gasteiger partial charge on any atom is -0.425 e. The van der Waals surface area contributed by atoms with Gasteiger partial charge in [0.1, 0.15) is 0 Å². The van der Waals surface area contributed by atoms with Crippen molar-refractivity contribution in [2.45, 2.75) is 45.4 Å². The predicted octanol–water partition coefficient (Wildman–Crippen LogP) is 3.32. The molecule has 1 saturated heterocycles. The summed E-state index contributed by atoms with van der Waals surface area (Å²) in [7, 11) is 0. The van der Waals surface area contributed by atoms with Crippen molar-refractivity contribution >= 4 is 11.6 Å². The lowest BCUT2D eigenvalue weighted by Crippen LogP contribution is -2.38. The Morgan fingerprint density at radius 1 is 1.32 bits per heavy atom. The van der Waals surface area contributed by atoms with Crippen molar-refractivity contribution in [1.29, 1.82) is 0 Å². The van der Waals surface area contributed by atoms with Crippen molar-refractivity contribution < 1.29 is 9.21 Å². The molecule has 6 nitrogen and oxygen atoms in total. The van der Waals surface area contributed by atoms with Crippen LogP contribution in [-0.2, 0) is 4.79 Å². The van der Waals surface area contributed by atoms with Crippen LogP contribution in [0.1, 0.15) is 55.9 Å². The molecule has 1 aromatic heterocycles. The van der Waals surface area contributed by atoms with E-state index in [-0.39, 0.29) is 11.8 Å². The van der Waals surface area contributed by atoms with Crippen LogP contribution < -0.4 is 5.32 Å². The zero-order chi connectivity index (χ0) is 17.8. The lowest BCUT2D eigenvalue weighted by atomic mass is 9.97. The summed E-state index contributed by atoms with van der Waals surface area (Å²) in [6.45, 7) is 8.26. The Balaban J connectivity index is 1.48. The molecule has 0 bridgehead atoms. The molecular formula is C19H26N4O2. The van der Waals surface area contributed by atoms with E-state index in [0.717, 1.165) is 43.1 Å². The Bertz CT molecular complexity index is 718. The number of nitrogens with zero attached hydrogens (tertiary/aromatic N) is 3. The SMILES string of the molecule is Cc1cccc(NC(=O)CN2CCC(c3nnc(C(C)C)o3)CC2)c1. The number of piperidine rings is 1. The van der Waals surface area contributed by atoms with Crippen molar-refractivity contribution in [1.82, 2.24) is 15.1 Å². The van der Waals surface area contributed by atoms with E-state index in [1.807, 2.05) is 45.0 Å². The number of rotatable bonds is 5. The fraction of sp³-hybridized carbons (Fsp3) is 0.526. The number of aryl methyl sites for hydroxylation is 1. The lowest BCUT2D eigenvalue weighted by Gasteiger charge is -2.29. The van der Waals surface area contributed by atoms with Crippen LogP contribution in [0, 0.1) is 6.92 Å². The molecule has 0 radical (unpaired) electrons. The van der Waals surface area contributed by atoms with E-state index in [1.54, 1.807) is 0 Å². The van der Waals surface area contributed by atoms with Crippen LogP contribution in [0.2, 0.25) is 0 Å². The molecule has 0 atom stereocenters. The second-order valence-corrected chi connectivity index (χ2v) is 7.10. The van der Waals surface area contributed by atoms with Gasteiger partial charge in [0.15, 0.2) is 0 Å². The highest BCUT2D eigenvalue weighted by molar-refractivity contribution is 5.92. The molecule has 1 aliphatic heterocycles. The molecule has 1 fully saturated rings. The molecule has 134 valence electrons. The average molecular weight is 342 g/mol. The molecule has 2 heterocycles. The van der Waals surface area contributed by atoms with Gasteiger partial charge in [-0.2, -0.15) is 0 Å². The first kappa shape index (κ1) is 17.6. The maximum Gasteiger partial charge on any atom is 0.238 e. The second kappa shape index (κ2) is 7.78. The van der Waals surface area contributed by atoms with E-state index >= 15 is 0 Å². The Labute approximate surface area is 148 Å². The van der Waals surface area contributed by atoms with Gasteiger partial charge >= 0.3 is 0 Å². The van der Waals surface area contributed by atoms with Gasteiger partial charge in [0, 0.05) is 17.5 Å². The van der Waals surface area contributed by atoms with Gasteiger partial charge in [-0.05, 0) is 50.6 Å². The van der Waals surface area contributed by atoms with Crippen LogP contribution in [0.15, 0.2) is 28.7 Å². The molecule has 1 amide bonds. The highest BCUT2D eigenvalue weighted by Crippen LogP contribution is 2.28. The van der Waals surface area contributed by atoms with E-state index in [9.17, 15) is 4.79 Å². The molecule has 0 saturated carbocycles. The summed E-state index contributed by atoms with van der Waals surface area (Å²) in [6, 6.07) is 7.86. The number of aromatic nitrogens is 2. The first-order valence-corrected chi connectivity index (χ1v) is 8.93. The molecule has 2 aromatic rings. The number of likely N-dealkylation sites (tertiary alicyclic amines) is 1. The van der Waals surface area contributed by atoms with Gasteiger partial charge in [-0.3, -0.25) is 9.69 Å². The number of hydrogen-bond acceptors (Lipinski definition) is 5. The first-order valence-electron chi connectivity index (χ1n) is 8.93. The molecule has 0 aliphatic carbocycles. The highest BCUT2D eigenvalue weighted by atomic mass is 16.4. The Kier molecular flexibility index (Phi) is 5.48. The predicted molar refractivity (Wildman–Crippen MR) is 96.6 cm³/mol. The molecule has 1 N–H and O–H groups in total. The number of carbonyl (C=O) groups excluding carboxylic acids is 1. The van der Waals surface area contributed by atoms with Crippen molar-refractivity contribution in [2.75, 3.05) is 25.0 Å². The quantitative estimate of drug-likeness (QED) is 0.902. The molecule has 0 unspecified atom stereocenters. The van der Waals surface area contributed by atoms with E-state index in [0.29, 0.717) is 18.4 Å². The Hall–Kier alpha value is -2.21. The third kappa shape index (κ3) is 4.66. The van der Waals surface area contributed by atoms with Crippen molar-refractivity contribution in [3.8, 4) is 0 Å². The monoisotopic (exact) mass is 342 g/mol. The molecule has 25 heavy (non-hydrogen) atoms. The number of anilines is 1. The van der Waals surface area contributed by atoms with Gasteiger partial charge in [-0.1, -0.05) is 26.0 Å². The lowest BCUT2D eigenvalue weighted by molar-refractivity contribution is -0.117. The molecule has 1 aliphatic rings. The average Bonchev–Trinajstić information content (AvgIpc) is 3.06. The largest absolute Gasteiger partial charge is 0.425 e. The topological polar surface area (TPSA) is 71.3 Å². The number of nitrogens with one attached hydrogen (secondary N) is 1. The highest BCUT2D eigenvalue weighted by Gasteiger charge is 2.26. The Morgan fingerprint density at radius 3 is 2.72 bits per heavy atom. The van der Waals surface area contributed by atoms with Crippen molar-refractivity contribution in [3.63, 3.8) is 0 Å². The van der Waals surface area contributed by atoms with E-state index < -0.39 is 0 Å². The normalized spacial score (nSPS) is 16.3. The zero-order valence-electron chi connectivity index (χ0n) is 15.2. The number of hydrogen-bond donors (Lipinski definition) is 1. The van der Waals surface area contributed by atoms with Crippen LogP contribution in [0.5, 0.6) is 0 Å². The fourth-order valence-electron chi connectivity index (χ4n) is 3.11. The minimum atomic E-state index is 0.0314. The van der Waals surface area contributed by atoms with Crippen molar-refractivity contribution in [3.05, 3.63) is 41.6 Å².